The molecular formula is C30H21ClI2N2O2S. The van der Waals surface area contributed by atoms with Crippen molar-refractivity contribution < 1.29 is 4.74 Å². The van der Waals surface area contributed by atoms with Crippen molar-refractivity contribution in [1.29, 1.82) is 0 Å². The number of nitrogens with zero attached hydrogens (tertiary/aromatic N) is 2. The van der Waals surface area contributed by atoms with E-state index in [-0.39, 0.29) is 11.6 Å². The third-order valence-electron chi connectivity index (χ3n) is 6.72. The lowest BCUT2D eigenvalue weighted by Gasteiger charge is -2.30. The molecule has 6 rings (SSSR count). The highest BCUT2D eigenvalue weighted by Gasteiger charge is 2.32. The number of rotatable bonds is 5. The van der Waals surface area contributed by atoms with Crippen LogP contribution >= 0.6 is 68.1 Å². The van der Waals surface area contributed by atoms with Crippen LogP contribution in [0.5, 0.6) is 5.75 Å². The number of halogens is 3. The monoisotopic (exact) mass is 762 g/mol. The Labute approximate surface area is 256 Å². The predicted octanol–water partition coefficient (Wildman–Crippen LogP) is 6.75. The van der Waals surface area contributed by atoms with Crippen LogP contribution in [0.4, 0.5) is 0 Å². The summed E-state index contributed by atoms with van der Waals surface area (Å²) >= 11 is 12.2. The zero-order valence-electron chi connectivity index (χ0n) is 20.1. The standard InChI is InChI=1S/C30H21ClI2N2O2S/c1-2-13-37-28-23(32)14-17(15-24(28)33)16-25-29(36)35-27(19-7-10-20(31)11-8-19)22-12-9-18-5-3-4-6-21(18)26(22)34-30(35)38-25/h2-8,10-11,14-16,27H,1,9,12-13H2/b25-16+/t27-/m1/s1. The van der Waals surface area contributed by atoms with Gasteiger partial charge in [0.25, 0.3) is 5.56 Å². The van der Waals surface area contributed by atoms with Crippen LogP contribution in [0, 0.1) is 7.14 Å². The number of aromatic nitrogens is 1. The van der Waals surface area contributed by atoms with E-state index >= 15 is 0 Å². The Kier molecular flexibility index (Phi) is 7.36. The summed E-state index contributed by atoms with van der Waals surface area (Å²) in [5.41, 5.74) is 6.58. The van der Waals surface area contributed by atoms with Gasteiger partial charge in [0, 0.05) is 10.6 Å². The first-order valence-corrected chi connectivity index (χ1v) is 15.4. The van der Waals surface area contributed by atoms with Gasteiger partial charge < -0.3 is 4.74 Å². The Morgan fingerprint density at radius 1 is 1.11 bits per heavy atom. The summed E-state index contributed by atoms with van der Waals surface area (Å²) < 4.78 is 10.3. The van der Waals surface area contributed by atoms with Gasteiger partial charge in [0.2, 0.25) is 0 Å². The molecule has 4 nitrogen and oxygen atoms in total. The van der Waals surface area contributed by atoms with E-state index in [1.54, 1.807) is 6.08 Å². The summed E-state index contributed by atoms with van der Waals surface area (Å²) in [4.78, 5) is 19.8. The fourth-order valence-corrected chi connectivity index (χ4v) is 8.32. The van der Waals surface area contributed by atoms with Gasteiger partial charge in [0.1, 0.15) is 12.4 Å². The summed E-state index contributed by atoms with van der Waals surface area (Å²) in [7, 11) is 0. The van der Waals surface area contributed by atoms with E-state index in [9.17, 15) is 4.79 Å². The van der Waals surface area contributed by atoms with Crippen molar-refractivity contribution in [3.05, 3.63) is 133 Å². The first kappa shape index (κ1) is 26.0. The van der Waals surface area contributed by atoms with Gasteiger partial charge >= 0.3 is 0 Å². The van der Waals surface area contributed by atoms with Crippen molar-refractivity contribution in [3.63, 3.8) is 0 Å². The molecule has 1 aliphatic carbocycles. The predicted molar refractivity (Wildman–Crippen MR) is 172 cm³/mol. The first-order chi connectivity index (χ1) is 18.4. The number of allylic oxidation sites excluding steroid dienone is 1. The molecular weight excluding hydrogens is 742 g/mol. The average molecular weight is 763 g/mol. The van der Waals surface area contributed by atoms with E-state index in [0.29, 0.717) is 21.0 Å². The van der Waals surface area contributed by atoms with E-state index in [4.69, 9.17) is 21.3 Å². The van der Waals surface area contributed by atoms with E-state index in [1.807, 2.05) is 47.0 Å². The van der Waals surface area contributed by atoms with Crippen LogP contribution in [0.1, 0.15) is 34.7 Å². The van der Waals surface area contributed by atoms with Crippen molar-refractivity contribution in [2.24, 2.45) is 4.99 Å². The van der Waals surface area contributed by atoms with Crippen LogP contribution in [0.3, 0.4) is 0 Å². The summed E-state index contributed by atoms with van der Waals surface area (Å²) in [5, 5.41) is 0.675. The van der Waals surface area contributed by atoms with E-state index in [0.717, 1.165) is 48.1 Å². The molecule has 0 spiro atoms. The molecule has 2 aliphatic rings. The first-order valence-electron chi connectivity index (χ1n) is 12.1. The highest BCUT2D eigenvalue weighted by Crippen LogP contribution is 2.41. The third-order valence-corrected chi connectivity index (χ3v) is 9.56. The van der Waals surface area contributed by atoms with Gasteiger partial charge in [-0.2, -0.15) is 0 Å². The molecule has 0 bridgehead atoms. The van der Waals surface area contributed by atoms with Crippen LogP contribution in [0.15, 0.2) is 88.7 Å². The largest absolute Gasteiger partial charge is 0.487 e. The number of benzene rings is 3. The van der Waals surface area contributed by atoms with Crippen molar-refractivity contribution in [2.45, 2.75) is 18.9 Å². The zero-order valence-corrected chi connectivity index (χ0v) is 26.0. The smallest absolute Gasteiger partial charge is 0.271 e. The molecule has 3 aromatic carbocycles. The molecule has 1 atom stereocenters. The molecule has 0 amide bonds. The molecule has 190 valence electrons. The molecule has 2 heterocycles. The van der Waals surface area contributed by atoms with Crippen LogP contribution in [-0.4, -0.2) is 11.2 Å². The van der Waals surface area contributed by atoms with Crippen LogP contribution < -0.4 is 19.6 Å². The topological polar surface area (TPSA) is 43.6 Å². The minimum absolute atomic E-state index is 0.0314. The number of aryl methyl sites for hydroxylation is 1. The number of hydrogen-bond acceptors (Lipinski definition) is 4. The van der Waals surface area contributed by atoms with Gasteiger partial charge in [-0.1, -0.05) is 72.0 Å². The Bertz CT molecular complexity index is 1780. The molecule has 0 radical (unpaired) electrons. The van der Waals surface area contributed by atoms with E-state index in [1.165, 1.54) is 22.5 Å². The van der Waals surface area contributed by atoms with Crippen LogP contribution in [0.25, 0.3) is 11.8 Å². The van der Waals surface area contributed by atoms with Crippen molar-refractivity contribution >= 4 is 79.9 Å². The van der Waals surface area contributed by atoms with Gasteiger partial charge in [-0.15, -0.1) is 0 Å². The van der Waals surface area contributed by atoms with E-state index < -0.39 is 0 Å². The van der Waals surface area contributed by atoms with Crippen molar-refractivity contribution in [1.82, 2.24) is 4.57 Å². The fraction of sp³-hybridized carbons (Fsp3) is 0.133. The number of fused-ring (bicyclic) bond motifs is 3. The maximum atomic E-state index is 14.0. The van der Waals surface area contributed by atoms with E-state index in [2.05, 4.69) is 76.0 Å². The summed E-state index contributed by atoms with van der Waals surface area (Å²) in [6.07, 6.45) is 5.47. The number of thiazole rings is 1. The molecule has 0 saturated heterocycles. The minimum atomic E-state index is -0.219. The average Bonchev–Trinajstić information content (AvgIpc) is 3.22. The van der Waals surface area contributed by atoms with Crippen LogP contribution in [0.2, 0.25) is 5.02 Å². The minimum Gasteiger partial charge on any atom is -0.487 e. The summed E-state index contributed by atoms with van der Waals surface area (Å²) in [5.74, 6) is 0.832. The molecule has 0 unspecified atom stereocenters. The lowest BCUT2D eigenvalue weighted by atomic mass is 9.83. The van der Waals surface area contributed by atoms with Gasteiger partial charge in [0.05, 0.1) is 23.4 Å². The molecule has 4 aromatic rings. The Morgan fingerprint density at radius 2 is 1.84 bits per heavy atom. The highest BCUT2D eigenvalue weighted by atomic mass is 127. The Morgan fingerprint density at radius 3 is 2.58 bits per heavy atom. The molecule has 0 fully saturated rings. The second-order valence-electron chi connectivity index (χ2n) is 9.08. The maximum absolute atomic E-state index is 14.0. The van der Waals surface area contributed by atoms with Gasteiger partial charge in [0.15, 0.2) is 4.80 Å². The molecule has 0 saturated carbocycles. The van der Waals surface area contributed by atoms with Crippen molar-refractivity contribution in [2.75, 3.05) is 6.61 Å². The molecule has 8 heteroatoms. The highest BCUT2D eigenvalue weighted by molar-refractivity contribution is 14.1. The second kappa shape index (κ2) is 10.7. The second-order valence-corrected chi connectivity index (χ2v) is 12.8. The lowest BCUT2D eigenvalue weighted by Crippen LogP contribution is -2.38. The molecule has 1 aromatic heterocycles. The molecule has 1 aliphatic heterocycles. The zero-order chi connectivity index (χ0) is 26.4. The SMILES string of the molecule is C=CCOc1c(I)cc(/C=c2/sc3n(c2=O)[C@H](c2ccc(Cl)cc2)C2=C(N=3)c3ccccc3CC2)cc1I. The normalized spacial score (nSPS) is 16.4. The summed E-state index contributed by atoms with van der Waals surface area (Å²) in [6, 6.07) is 20.1. The lowest BCUT2D eigenvalue weighted by molar-refractivity contribution is 0.358. The van der Waals surface area contributed by atoms with Gasteiger partial charge in [-0.25, -0.2) is 4.99 Å². The van der Waals surface area contributed by atoms with Gasteiger partial charge in [-0.3, -0.25) is 9.36 Å². The third kappa shape index (κ3) is 4.71. The summed E-state index contributed by atoms with van der Waals surface area (Å²) in [6.45, 7) is 4.18. The molecule has 0 N–H and O–H groups in total. The number of ether oxygens (including phenoxy) is 1. The Balaban J connectivity index is 1.55. The van der Waals surface area contributed by atoms with Crippen LogP contribution in [-0.2, 0) is 6.42 Å². The Hall–Kier alpha value is -2.21. The van der Waals surface area contributed by atoms with Gasteiger partial charge in [-0.05, 0) is 111 Å². The maximum Gasteiger partial charge on any atom is 0.271 e. The number of hydrogen-bond donors (Lipinski definition) is 0. The van der Waals surface area contributed by atoms with Crippen molar-refractivity contribution in [3.8, 4) is 5.75 Å². The quantitative estimate of drug-likeness (QED) is 0.167. The fourth-order valence-electron chi connectivity index (χ4n) is 5.06. The molecule has 38 heavy (non-hydrogen) atoms.